The van der Waals surface area contributed by atoms with E-state index in [4.69, 9.17) is 0 Å². The SMILES string of the molecule is Cc1ccc2[nH]nc(C(=O)NCc3nc(-c4ccccc4)cs3)c2c1. The summed E-state index contributed by atoms with van der Waals surface area (Å²) in [6.07, 6.45) is 0. The van der Waals surface area contributed by atoms with Gasteiger partial charge in [0.1, 0.15) is 5.01 Å². The fraction of sp³-hybridized carbons (Fsp3) is 0.105. The van der Waals surface area contributed by atoms with Gasteiger partial charge in [-0.3, -0.25) is 9.89 Å². The summed E-state index contributed by atoms with van der Waals surface area (Å²) >= 11 is 1.54. The molecule has 4 aromatic rings. The highest BCUT2D eigenvalue weighted by Crippen LogP contribution is 2.22. The number of aryl methyl sites for hydroxylation is 1. The van der Waals surface area contributed by atoms with Crippen LogP contribution < -0.4 is 5.32 Å². The molecule has 5 nitrogen and oxygen atoms in total. The monoisotopic (exact) mass is 348 g/mol. The highest BCUT2D eigenvalue weighted by Gasteiger charge is 2.14. The molecule has 0 aliphatic heterocycles. The van der Waals surface area contributed by atoms with Crippen LogP contribution in [0.5, 0.6) is 0 Å². The van der Waals surface area contributed by atoms with Crippen molar-refractivity contribution in [1.29, 1.82) is 0 Å². The maximum atomic E-state index is 12.5. The number of benzene rings is 2. The summed E-state index contributed by atoms with van der Waals surface area (Å²) in [5, 5.41) is 13.7. The molecule has 0 fully saturated rings. The molecule has 2 aromatic carbocycles. The molecular formula is C19H16N4OS. The number of carbonyl (C=O) groups is 1. The molecule has 1 amide bonds. The number of H-pyrrole nitrogens is 1. The number of aromatic amines is 1. The number of hydrogen-bond acceptors (Lipinski definition) is 4. The second kappa shape index (κ2) is 6.49. The van der Waals surface area contributed by atoms with Crippen molar-refractivity contribution in [1.82, 2.24) is 20.5 Å². The zero-order valence-corrected chi connectivity index (χ0v) is 14.4. The quantitative estimate of drug-likeness (QED) is 0.587. The Morgan fingerprint density at radius 3 is 2.88 bits per heavy atom. The molecule has 2 heterocycles. The van der Waals surface area contributed by atoms with Crippen LogP contribution in [0.2, 0.25) is 0 Å². The molecule has 0 radical (unpaired) electrons. The molecule has 6 heteroatoms. The molecule has 0 saturated carbocycles. The maximum Gasteiger partial charge on any atom is 0.272 e. The molecule has 124 valence electrons. The van der Waals surface area contributed by atoms with E-state index < -0.39 is 0 Å². The number of fused-ring (bicyclic) bond motifs is 1. The number of hydrogen-bond donors (Lipinski definition) is 2. The van der Waals surface area contributed by atoms with E-state index in [2.05, 4.69) is 20.5 Å². The summed E-state index contributed by atoms with van der Waals surface area (Å²) < 4.78 is 0. The molecule has 25 heavy (non-hydrogen) atoms. The molecular weight excluding hydrogens is 332 g/mol. The first-order valence-electron chi connectivity index (χ1n) is 7.93. The highest BCUT2D eigenvalue weighted by atomic mass is 32.1. The Morgan fingerprint density at radius 1 is 1.20 bits per heavy atom. The lowest BCUT2D eigenvalue weighted by Crippen LogP contribution is -2.23. The van der Waals surface area contributed by atoms with Crippen LogP contribution in [0.1, 0.15) is 21.1 Å². The Balaban J connectivity index is 1.48. The molecule has 0 unspecified atom stereocenters. The van der Waals surface area contributed by atoms with Crippen LogP contribution in [0, 0.1) is 6.92 Å². The van der Waals surface area contributed by atoms with Gasteiger partial charge < -0.3 is 5.32 Å². The third kappa shape index (κ3) is 3.16. The number of carbonyl (C=O) groups excluding carboxylic acids is 1. The van der Waals surface area contributed by atoms with Crippen LogP contribution in [-0.2, 0) is 6.54 Å². The lowest BCUT2D eigenvalue weighted by atomic mass is 10.1. The van der Waals surface area contributed by atoms with Gasteiger partial charge in [0.25, 0.3) is 5.91 Å². The normalized spacial score (nSPS) is 10.9. The largest absolute Gasteiger partial charge is 0.344 e. The molecule has 0 spiro atoms. The van der Waals surface area contributed by atoms with Gasteiger partial charge >= 0.3 is 0 Å². The van der Waals surface area contributed by atoms with Crippen molar-refractivity contribution < 1.29 is 4.79 Å². The third-order valence-electron chi connectivity index (χ3n) is 3.95. The average Bonchev–Trinajstić information content (AvgIpc) is 3.27. The fourth-order valence-electron chi connectivity index (χ4n) is 2.67. The Labute approximate surface area is 148 Å². The van der Waals surface area contributed by atoms with Gasteiger partial charge in [-0.2, -0.15) is 5.10 Å². The number of thiazole rings is 1. The number of amides is 1. The summed E-state index contributed by atoms with van der Waals surface area (Å²) in [5.41, 5.74) is 4.37. The fourth-order valence-corrected chi connectivity index (χ4v) is 3.42. The van der Waals surface area contributed by atoms with Crippen LogP contribution in [-0.4, -0.2) is 21.1 Å². The van der Waals surface area contributed by atoms with Crippen molar-refractivity contribution >= 4 is 28.1 Å². The molecule has 0 aliphatic rings. The van der Waals surface area contributed by atoms with Crippen LogP contribution >= 0.6 is 11.3 Å². The summed E-state index contributed by atoms with van der Waals surface area (Å²) in [7, 11) is 0. The zero-order chi connectivity index (χ0) is 17.2. The second-order valence-electron chi connectivity index (χ2n) is 5.80. The van der Waals surface area contributed by atoms with Crippen molar-refractivity contribution in [2.45, 2.75) is 13.5 Å². The smallest absolute Gasteiger partial charge is 0.272 e. The van der Waals surface area contributed by atoms with Gasteiger partial charge in [-0.25, -0.2) is 4.98 Å². The Kier molecular flexibility index (Phi) is 4.03. The Bertz CT molecular complexity index is 1040. The first-order chi connectivity index (χ1) is 12.2. The lowest BCUT2D eigenvalue weighted by molar-refractivity contribution is 0.0947. The van der Waals surface area contributed by atoms with E-state index in [1.165, 1.54) is 11.3 Å². The molecule has 0 atom stereocenters. The van der Waals surface area contributed by atoms with Crippen LogP contribution in [0.4, 0.5) is 0 Å². The van der Waals surface area contributed by atoms with E-state index in [1.807, 2.05) is 60.8 Å². The number of rotatable bonds is 4. The minimum atomic E-state index is -0.201. The van der Waals surface area contributed by atoms with E-state index >= 15 is 0 Å². The molecule has 2 N–H and O–H groups in total. The van der Waals surface area contributed by atoms with Gasteiger partial charge in [0.2, 0.25) is 0 Å². The first kappa shape index (κ1) is 15.5. The molecule has 0 saturated heterocycles. The van der Waals surface area contributed by atoms with Gasteiger partial charge in [0, 0.05) is 16.3 Å². The number of aromatic nitrogens is 3. The predicted octanol–water partition coefficient (Wildman–Crippen LogP) is 3.92. The number of nitrogens with one attached hydrogen (secondary N) is 2. The summed E-state index contributed by atoms with van der Waals surface area (Å²) in [6, 6.07) is 15.9. The van der Waals surface area contributed by atoms with Crippen LogP contribution in [0.15, 0.2) is 53.9 Å². The minimum Gasteiger partial charge on any atom is -0.344 e. The topological polar surface area (TPSA) is 70.7 Å². The zero-order valence-electron chi connectivity index (χ0n) is 13.6. The van der Waals surface area contributed by atoms with E-state index in [0.717, 1.165) is 32.7 Å². The summed E-state index contributed by atoms with van der Waals surface area (Å²) in [6.45, 7) is 2.38. The van der Waals surface area contributed by atoms with Gasteiger partial charge in [-0.05, 0) is 19.1 Å². The van der Waals surface area contributed by atoms with Gasteiger partial charge in [0.15, 0.2) is 5.69 Å². The van der Waals surface area contributed by atoms with Gasteiger partial charge in [0.05, 0.1) is 17.8 Å². The van der Waals surface area contributed by atoms with Gasteiger partial charge in [-0.1, -0.05) is 42.0 Å². The van der Waals surface area contributed by atoms with Crippen molar-refractivity contribution in [3.63, 3.8) is 0 Å². The van der Waals surface area contributed by atoms with Crippen LogP contribution in [0.25, 0.3) is 22.2 Å². The molecule has 0 aliphatic carbocycles. The summed E-state index contributed by atoms with van der Waals surface area (Å²) in [5.74, 6) is -0.201. The minimum absolute atomic E-state index is 0.201. The van der Waals surface area contributed by atoms with Crippen molar-refractivity contribution in [2.24, 2.45) is 0 Å². The average molecular weight is 348 g/mol. The first-order valence-corrected chi connectivity index (χ1v) is 8.81. The molecule has 2 aromatic heterocycles. The lowest BCUT2D eigenvalue weighted by Gasteiger charge is -2.01. The highest BCUT2D eigenvalue weighted by molar-refractivity contribution is 7.09. The predicted molar refractivity (Wildman–Crippen MR) is 99.6 cm³/mol. The number of nitrogens with zero attached hydrogens (tertiary/aromatic N) is 2. The van der Waals surface area contributed by atoms with E-state index in [9.17, 15) is 4.79 Å². The Morgan fingerprint density at radius 2 is 2.04 bits per heavy atom. The molecule has 0 bridgehead atoms. The van der Waals surface area contributed by atoms with Crippen molar-refractivity contribution in [3.8, 4) is 11.3 Å². The van der Waals surface area contributed by atoms with Crippen molar-refractivity contribution in [2.75, 3.05) is 0 Å². The van der Waals surface area contributed by atoms with Crippen LogP contribution in [0.3, 0.4) is 0 Å². The van der Waals surface area contributed by atoms with E-state index in [-0.39, 0.29) is 5.91 Å². The van der Waals surface area contributed by atoms with Crippen molar-refractivity contribution in [3.05, 3.63) is 70.2 Å². The van der Waals surface area contributed by atoms with E-state index in [0.29, 0.717) is 12.2 Å². The maximum absolute atomic E-state index is 12.5. The van der Waals surface area contributed by atoms with E-state index in [1.54, 1.807) is 0 Å². The second-order valence-corrected chi connectivity index (χ2v) is 6.74. The third-order valence-corrected chi connectivity index (χ3v) is 4.80. The Hall–Kier alpha value is -2.99. The summed E-state index contributed by atoms with van der Waals surface area (Å²) in [4.78, 5) is 17.1. The van der Waals surface area contributed by atoms with Gasteiger partial charge in [-0.15, -0.1) is 11.3 Å². The standard InChI is InChI=1S/C19H16N4OS/c1-12-7-8-15-14(9-12)18(23-22-15)19(24)20-10-17-21-16(11-25-17)13-5-3-2-4-6-13/h2-9,11H,10H2,1H3,(H,20,24)(H,22,23). The molecule has 4 rings (SSSR count).